The first-order valence-electron chi connectivity index (χ1n) is 9.08. The van der Waals surface area contributed by atoms with Crippen molar-refractivity contribution >= 4 is 34.2 Å². The van der Waals surface area contributed by atoms with Crippen LogP contribution in [0.1, 0.15) is 23.7 Å². The van der Waals surface area contributed by atoms with Crippen LogP contribution in [0.25, 0.3) is 10.8 Å². The zero-order chi connectivity index (χ0) is 21.5. The van der Waals surface area contributed by atoms with Gasteiger partial charge in [-0.25, -0.2) is 0 Å². The first-order valence-corrected chi connectivity index (χ1v) is 9.96. The third kappa shape index (κ3) is 3.74. The Hall–Kier alpha value is -3.01. The van der Waals surface area contributed by atoms with Crippen LogP contribution >= 0.6 is 11.8 Å². The zero-order valence-corrected chi connectivity index (χ0v) is 16.5. The molecule has 0 saturated heterocycles. The van der Waals surface area contributed by atoms with Crippen molar-refractivity contribution in [1.82, 2.24) is 9.78 Å². The summed E-state index contributed by atoms with van der Waals surface area (Å²) in [7, 11) is 0. The number of anilines is 1. The topological polar surface area (TPSA) is 73.2 Å². The molecule has 0 fully saturated rings. The number of esters is 1. The Morgan fingerprint density at radius 1 is 1.23 bits per heavy atom. The highest BCUT2D eigenvalue weighted by atomic mass is 32.2. The lowest BCUT2D eigenvalue weighted by Crippen LogP contribution is -2.30. The molecule has 6 nitrogen and oxygen atoms in total. The smallest absolute Gasteiger partial charge is 0.416 e. The van der Waals surface area contributed by atoms with E-state index in [9.17, 15) is 22.8 Å². The van der Waals surface area contributed by atoms with Gasteiger partial charge in [-0.2, -0.15) is 23.0 Å². The van der Waals surface area contributed by atoms with Crippen molar-refractivity contribution in [3.63, 3.8) is 0 Å². The number of nitrogens with zero attached hydrogens (tertiary/aromatic N) is 2. The van der Waals surface area contributed by atoms with Gasteiger partial charge in [0.2, 0.25) is 0 Å². The molecule has 2 heterocycles. The zero-order valence-electron chi connectivity index (χ0n) is 15.7. The Labute approximate surface area is 173 Å². The molecule has 1 aliphatic heterocycles. The third-order valence-corrected chi connectivity index (χ3v) is 5.72. The summed E-state index contributed by atoms with van der Waals surface area (Å²) in [5.41, 5.74) is -1.31. The number of carbonyl (C=O) groups is 1. The van der Waals surface area contributed by atoms with Gasteiger partial charge in [-0.05, 0) is 31.2 Å². The van der Waals surface area contributed by atoms with Crippen molar-refractivity contribution in [3.05, 3.63) is 64.1 Å². The van der Waals surface area contributed by atoms with Crippen LogP contribution in [0.4, 0.5) is 18.9 Å². The number of rotatable bonds is 4. The lowest BCUT2D eigenvalue weighted by atomic mass is 10.1. The van der Waals surface area contributed by atoms with Crippen LogP contribution < -0.4 is 10.9 Å². The largest absolute Gasteiger partial charge is 0.466 e. The summed E-state index contributed by atoms with van der Waals surface area (Å²) < 4.78 is 45.2. The van der Waals surface area contributed by atoms with Gasteiger partial charge in [-0.1, -0.05) is 30.0 Å². The SMILES string of the molecule is CCOC(=O)Cc1nn(C2Nc3cc(C(F)(F)F)ccc3S2)c(=O)c2ccccc12. The standard InChI is InChI=1S/C20H16F3N3O3S/c1-2-29-17(27)10-14-12-5-3-4-6-13(12)18(28)26(25-14)19-24-15-9-11(20(21,22)23)7-8-16(15)30-19/h3-9,19,24H,2,10H2,1H3. The van der Waals surface area contributed by atoms with Crippen LogP contribution in [-0.2, 0) is 22.1 Å². The molecule has 2 aromatic carbocycles. The quantitative estimate of drug-likeness (QED) is 0.620. The summed E-state index contributed by atoms with van der Waals surface area (Å²) in [6.07, 6.45) is -4.60. The Morgan fingerprint density at radius 3 is 2.67 bits per heavy atom. The highest BCUT2D eigenvalue weighted by Gasteiger charge is 2.33. The second-order valence-electron chi connectivity index (χ2n) is 6.55. The molecule has 1 aliphatic rings. The highest BCUT2D eigenvalue weighted by molar-refractivity contribution is 8.00. The second kappa shape index (κ2) is 7.67. The number of benzene rings is 2. The molecular weight excluding hydrogens is 419 g/mol. The molecule has 30 heavy (non-hydrogen) atoms. The van der Waals surface area contributed by atoms with Crippen molar-refractivity contribution < 1.29 is 22.7 Å². The fraction of sp³-hybridized carbons (Fsp3) is 0.250. The van der Waals surface area contributed by atoms with Crippen molar-refractivity contribution in [2.75, 3.05) is 11.9 Å². The van der Waals surface area contributed by atoms with Crippen molar-refractivity contribution in [2.45, 2.75) is 29.9 Å². The number of carbonyl (C=O) groups excluding carboxylic acids is 1. The Morgan fingerprint density at radius 2 is 1.97 bits per heavy atom. The molecule has 0 amide bonds. The van der Waals surface area contributed by atoms with Gasteiger partial charge < -0.3 is 10.1 Å². The van der Waals surface area contributed by atoms with E-state index in [1.54, 1.807) is 31.2 Å². The molecule has 0 radical (unpaired) electrons. The first kappa shape index (κ1) is 20.3. The normalized spacial score (nSPS) is 15.7. The molecule has 1 unspecified atom stereocenters. The number of nitrogens with one attached hydrogen (secondary N) is 1. The number of aromatic nitrogens is 2. The minimum atomic E-state index is -4.47. The number of fused-ring (bicyclic) bond motifs is 2. The van der Waals surface area contributed by atoms with E-state index < -0.39 is 28.8 Å². The first-order chi connectivity index (χ1) is 14.3. The van der Waals surface area contributed by atoms with E-state index in [1.165, 1.54) is 17.8 Å². The Kier molecular flexibility index (Phi) is 5.19. The van der Waals surface area contributed by atoms with Gasteiger partial charge in [-0.15, -0.1) is 0 Å². The molecular formula is C20H16F3N3O3S. The molecule has 1 aromatic heterocycles. The molecule has 0 saturated carbocycles. The molecule has 1 atom stereocenters. The molecule has 0 spiro atoms. The monoisotopic (exact) mass is 435 g/mol. The molecule has 156 valence electrons. The van der Waals surface area contributed by atoms with E-state index in [1.807, 2.05) is 0 Å². The van der Waals surface area contributed by atoms with Crippen molar-refractivity contribution in [3.8, 4) is 0 Å². The van der Waals surface area contributed by atoms with E-state index in [0.29, 0.717) is 21.4 Å². The average molecular weight is 435 g/mol. The summed E-state index contributed by atoms with van der Waals surface area (Å²) in [6, 6.07) is 10.1. The van der Waals surface area contributed by atoms with Crippen LogP contribution in [0.2, 0.25) is 0 Å². The van der Waals surface area contributed by atoms with Gasteiger partial charge in [0.1, 0.15) is 0 Å². The molecule has 1 N–H and O–H groups in total. The highest BCUT2D eigenvalue weighted by Crippen LogP contribution is 2.45. The van der Waals surface area contributed by atoms with E-state index in [0.717, 1.165) is 16.8 Å². The van der Waals surface area contributed by atoms with Crippen LogP contribution in [0.15, 0.2) is 52.2 Å². The van der Waals surface area contributed by atoms with Crippen molar-refractivity contribution in [2.24, 2.45) is 0 Å². The Bertz CT molecular complexity index is 1190. The average Bonchev–Trinajstić information content (AvgIpc) is 3.13. The molecule has 0 bridgehead atoms. The van der Waals surface area contributed by atoms with E-state index in [4.69, 9.17) is 4.74 Å². The second-order valence-corrected chi connectivity index (χ2v) is 7.67. The van der Waals surface area contributed by atoms with Crippen LogP contribution in [0.3, 0.4) is 0 Å². The van der Waals surface area contributed by atoms with Gasteiger partial charge in [0.25, 0.3) is 5.56 Å². The van der Waals surface area contributed by atoms with E-state index in [2.05, 4.69) is 10.4 Å². The number of hydrogen-bond acceptors (Lipinski definition) is 6. The third-order valence-electron chi connectivity index (χ3n) is 4.57. The number of thioether (sulfide) groups is 1. The van der Waals surface area contributed by atoms with E-state index in [-0.39, 0.29) is 18.7 Å². The fourth-order valence-corrected chi connectivity index (χ4v) is 4.29. The minimum absolute atomic E-state index is 0.128. The van der Waals surface area contributed by atoms with Crippen LogP contribution in [0.5, 0.6) is 0 Å². The van der Waals surface area contributed by atoms with E-state index >= 15 is 0 Å². The number of halogens is 3. The van der Waals surface area contributed by atoms with Gasteiger partial charge in [0, 0.05) is 10.3 Å². The maximum Gasteiger partial charge on any atom is 0.416 e. The number of ether oxygens (including phenoxy) is 1. The molecule has 0 aliphatic carbocycles. The predicted molar refractivity (Wildman–Crippen MR) is 106 cm³/mol. The number of hydrogen-bond donors (Lipinski definition) is 1. The summed E-state index contributed by atoms with van der Waals surface area (Å²) in [5, 5.41) is 8.17. The Balaban J connectivity index is 1.75. The van der Waals surface area contributed by atoms with Crippen LogP contribution in [-0.4, -0.2) is 22.4 Å². The fourth-order valence-electron chi connectivity index (χ4n) is 3.23. The predicted octanol–water partition coefficient (Wildman–Crippen LogP) is 4.19. The molecule has 4 rings (SSSR count). The number of alkyl halides is 3. The summed E-state index contributed by atoms with van der Waals surface area (Å²) >= 11 is 1.17. The van der Waals surface area contributed by atoms with Crippen LogP contribution in [0, 0.1) is 0 Å². The van der Waals surface area contributed by atoms with Gasteiger partial charge >= 0.3 is 12.1 Å². The summed E-state index contributed by atoms with van der Waals surface area (Å²) in [4.78, 5) is 25.6. The maximum atomic E-state index is 13.0. The summed E-state index contributed by atoms with van der Waals surface area (Å²) in [5.74, 6) is -0.481. The summed E-state index contributed by atoms with van der Waals surface area (Å²) in [6.45, 7) is 1.91. The lowest BCUT2D eigenvalue weighted by Gasteiger charge is -2.16. The minimum Gasteiger partial charge on any atom is -0.466 e. The van der Waals surface area contributed by atoms with Gasteiger partial charge in [0.15, 0.2) is 5.50 Å². The van der Waals surface area contributed by atoms with Crippen molar-refractivity contribution in [1.29, 1.82) is 0 Å². The molecule has 10 heteroatoms. The van der Waals surface area contributed by atoms with Gasteiger partial charge in [0.05, 0.1) is 35.4 Å². The maximum absolute atomic E-state index is 13.0. The lowest BCUT2D eigenvalue weighted by molar-refractivity contribution is -0.142. The molecule has 3 aromatic rings. The van der Waals surface area contributed by atoms with Gasteiger partial charge in [-0.3, -0.25) is 9.59 Å².